The Bertz CT molecular complexity index is 849. The lowest BCUT2D eigenvalue weighted by Crippen LogP contribution is -2.14. The first kappa shape index (κ1) is 18.6. The van der Waals surface area contributed by atoms with E-state index in [0.717, 1.165) is 16.3 Å². The number of aliphatic hydroxyl groups excluding tert-OH is 1. The summed E-state index contributed by atoms with van der Waals surface area (Å²) in [6.45, 7) is 4.81. The molecule has 2 aromatic rings. The molecule has 2 aromatic carbocycles. The highest BCUT2D eigenvalue weighted by atomic mass is 16.7. The van der Waals surface area contributed by atoms with Crippen LogP contribution in [0.1, 0.15) is 25.0 Å². The molecular weight excluding hydrogens is 318 g/mol. The van der Waals surface area contributed by atoms with Gasteiger partial charge < -0.3 is 14.6 Å². The highest BCUT2D eigenvalue weighted by molar-refractivity contribution is 5.92. The molecule has 25 heavy (non-hydrogen) atoms. The van der Waals surface area contributed by atoms with Crippen LogP contribution in [0.25, 0.3) is 10.8 Å². The van der Waals surface area contributed by atoms with Crippen LogP contribution in [0.4, 0.5) is 0 Å². The zero-order valence-corrected chi connectivity index (χ0v) is 14.2. The van der Waals surface area contributed by atoms with Gasteiger partial charge in [-0.2, -0.15) is 0 Å². The number of benzene rings is 2. The van der Waals surface area contributed by atoms with E-state index in [1.165, 1.54) is 0 Å². The molecule has 5 nitrogen and oxygen atoms in total. The monoisotopic (exact) mass is 337 g/mol. The largest absolute Gasteiger partial charge is 0.359 e. The molecule has 1 unspecified atom stereocenters. The van der Waals surface area contributed by atoms with E-state index in [2.05, 4.69) is 28.9 Å². The Morgan fingerprint density at radius 1 is 0.960 bits per heavy atom. The van der Waals surface area contributed by atoms with Crippen molar-refractivity contribution in [3.05, 3.63) is 52.4 Å². The Morgan fingerprint density at radius 2 is 1.48 bits per heavy atom. The van der Waals surface area contributed by atoms with Gasteiger partial charge in [0.1, 0.15) is 0 Å². The number of hydrogen-bond acceptors (Lipinski definition) is 5. The normalized spacial score (nSPS) is 11.4. The van der Waals surface area contributed by atoms with Crippen LogP contribution in [0.3, 0.4) is 0 Å². The molecule has 0 radical (unpaired) electrons. The predicted octanol–water partition coefficient (Wildman–Crippen LogP) is 3.03. The van der Waals surface area contributed by atoms with Gasteiger partial charge in [-0.3, -0.25) is 0 Å². The zero-order valence-electron chi connectivity index (χ0n) is 14.2. The highest BCUT2D eigenvalue weighted by Crippen LogP contribution is 2.22. The molecule has 0 saturated heterocycles. The fourth-order valence-electron chi connectivity index (χ4n) is 2.26. The van der Waals surface area contributed by atoms with Crippen LogP contribution in [0, 0.1) is 28.6 Å². The summed E-state index contributed by atoms with van der Waals surface area (Å²) in [5, 5.41) is 13.5. The Morgan fingerprint density at radius 3 is 1.96 bits per heavy atom. The molecule has 0 bridgehead atoms. The fourth-order valence-corrected chi connectivity index (χ4v) is 2.26. The summed E-state index contributed by atoms with van der Waals surface area (Å²) in [4.78, 5) is 10.3. The van der Waals surface area contributed by atoms with Gasteiger partial charge in [0.05, 0.1) is 0 Å². The van der Waals surface area contributed by atoms with Gasteiger partial charge in [0, 0.05) is 24.3 Å². The molecule has 128 valence electrons. The lowest BCUT2D eigenvalue weighted by atomic mass is 10.00. The molecule has 0 spiro atoms. The number of ether oxygens (including phenoxy) is 2. The SMILES string of the molecule is CCOC(C#Cc1ccc(C#CC(O)N=O)c2ccccc12)OCC. The average Bonchev–Trinajstić information content (AvgIpc) is 2.64. The van der Waals surface area contributed by atoms with Crippen molar-refractivity contribution in [2.24, 2.45) is 5.18 Å². The first-order valence-electron chi connectivity index (χ1n) is 7.98. The Kier molecular flexibility index (Phi) is 7.13. The highest BCUT2D eigenvalue weighted by Gasteiger charge is 2.05. The van der Waals surface area contributed by atoms with E-state index in [0.29, 0.717) is 18.8 Å². The number of nitroso groups, excluding NO2 is 1. The molecule has 1 N–H and O–H groups in total. The third kappa shape index (κ3) is 5.14. The minimum atomic E-state index is -1.53. The summed E-state index contributed by atoms with van der Waals surface area (Å²) in [7, 11) is 0. The summed E-state index contributed by atoms with van der Waals surface area (Å²) in [6, 6.07) is 11.3. The molecule has 1 atom stereocenters. The van der Waals surface area contributed by atoms with E-state index in [1.54, 1.807) is 6.07 Å². The van der Waals surface area contributed by atoms with Gasteiger partial charge >= 0.3 is 0 Å². The van der Waals surface area contributed by atoms with E-state index in [-0.39, 0.29) is 0 Å². The Hall–Kier alpha value is -2.70. The second-order valence-electron chi connectivity index (χ2n) is 4.97. The van der Waals surface area contributed by atoms with Crippen LogP contribution in [0.2, 0.25) is 0 Å². The molecule has 2 rings (SSSR count). The smallest absolute Gasteiger partial charge is 0.250 e. The second kappa shape index (κ2) is 9.56. The molecule has 0 fully saturated rings. The Labute approximate surface area is 146 Å². The first-order valence-corrected chi connectivity index (χ1v) is 7.98. The Balaban J connectivity index is 2.43. The average molecular weight is 337 g/mol. The lowest BCUT2D eigenvalue weighted by molar-refractivity contribution is -0.0969. The lowest BCUT2D eigenvalue weighted by Gasteiger charge is -2.10. The van der Waals surface area contributed by atoms with E-state index in [9.17, 15) is 10.0 Å². The molecule has 0 aliphatic heterocycles. The van der Waals surface area contributed by atoms with Crippen molar-refractivity contribution in [1.82, 2.24) is 0 Å². The number of hydrogen-bond donors (Lipinski definition) is 1. The maximum absolute atomic E-state index is 10.3. The van der Waals surface area contributed by atoms with Gasteiger partial charge in [-0.15, -0.1) is 4.91 Å². The fraction of sp³-hybridized carbons (Fsp3) is 0.300. The van der Waals surface area contributed by atoms with Gasteiger partial charge in [0.25, 0.3) is 0 Å². The van der Waals surface area contributed by atoms with Crippen LogP contribution in [0.15, 0.2) is 41.6 Å². The van der Waals surface area contributed by atoms with Crippen LogP contribution in [-0.4, -0.2) is 30.8 Å². The standard InChI is InChI=1S/C20H19NO4/c1-3-24-20(25-4-2)14-12-16-10-9-15(11-13-19(22)21-23)17-7-5-6-8-18(16)17/h5-10,19-20,22H,3-4H2,1-2H3. The summed E-state index contributed by atoms with van der Waals surface area (Å²) >= 11 is 0. The van der Waals surface area contributed by atoms with Gasteiger partial charge in [-0.1, -0.05) is 36.1 Å². The van der Waals surface area contributed by atoms with Crippen molar-refractivity contribution < 1.29 is 14.6 Å². The molecule has 0 saturated carbocycles. The van der Waals surface area contributed by atoms with Crippen molar-refractivity contribution in [1.29, 1.82) is 0 Å². The molecule has 0 aromatic heterocycles. The van der Waals surface area contributed by atoms with E-state index in [4.69, 9.17) is 9.47 Å². The van der Waals surface area contributed by atoms with Crippen LogP contribution in [0.5, 0.6) is 0 Å². The minimum Gasteiger partial charge on any atom is -0.359 e. The van der Waals surface area contributed by atoms with Crippen molar-refractivity contribution in [2.45, 2.75) is 26.4 Å². The van der Waals surface area contributed by atoms with E-state index >= 15 is 0 Å². The van der Waals surface area contributed by atoms with Crippen LogP contribution >= 0.6 is 0 Å². The number of fused-ring (bicyclic) bond motifs is 1. The van der Waals surface area contributed by atoms with E-state index in [1.807, 2.05) is 44.2 Å². The van der Waals surface area contributed by atoms with Gasteiger partial charge in [0.15, 0.2) is 0 Å². The molecule has 0 aliphatic rings. The topological polar surface area (TPSA) is 68.1 Å². The van der Waals surface area contributed by atoms with Crippen LogP contribution < -0.4 is 0 Å². The number of nitrogens with zero attached hydrogens (tertiary/aromatic N) is 1. The minimum absolute atomic E-state index is 0.516. The summed E-state index contributed by atoms with van der Waals surface area (Å²) in [6.07, 6.45) is -2.10. The summed E-state index contributed by atoms with van der Waals surface area (Å²) < 4.78 is 10.9. The molecule has 5 heteroatoms. The van der Waals surface area contributed by atoms with E-state index < -0.39 is 12.5 Å². The molecule has 0 heterocycles. The van der Waals surface area contributed by atoms with Crippen molar-refractivity contribution >= 4 is 10.8 Å². The number of aliphatic hydroxyl groups is 1. The first-order chi connectivity index (χ1) is 12.2. The summed E-state index contributed by atoms with van der Waals surface area (Å²) in [5.41, 5.74) is 1.51. The third-order valence-corrected chi connectivity index (χ3v) is 3.32. The molecular formula is C20H19NO4. The maximum Gasteiger partial charge on any atom is 0.250 e. The van der Waals surface area contributed by atoms with Crippen molar-refractivity contribution in [3.8, 4) is 23.7 Å². The summed E-state index contributed by atoms with van der Waals surface area (Å²) in [5.74, 6) is 11.3. The zero-order chi connectivity index (χ0) is 18.1. The third-order valence-electron chi connectivity index (χ3n) is 3.32. The molecule has 0 amide bonds. The van der Waals surface area contributed by atoms with Crippen molar-refractivity contribution in [3.63, 3.8) is 0 Å². The number of rotatable bonds is 5. The predicted molar refractivity (Wildman–Crippen MR) is 96.5 cm³/mol. The van der Waals surface area contributed by atoms with Crippen molar-refractivity contribution in [2.75, 3.05) is 13.2 Å². The van der Waals surface area contributed by atoms with Crippen LogP contribution in [-0.2, 0) is 9.47 Å². The van der Waals surface area contributed by atoms with Gasteiger partial charge in [-0.25, -0.2) is 0 Å². The van der Waals surface area contributed by atoms with Gasteiger partial charge in [-0.05, 0) is 53.8 Å². The maximum atomic E-state index is 10.3. The molecule has 0 aliphatic carbocycles. The van der Waals surface area contributed by atoms with Gasteiger partial charge in [0.2, 0.25) is 12.5 Å². The quantitative estimate of drug-likeness (QED) is 0.517. The second-order valence-corrected chi connectivity index (χ2v) is 4.97.